The smallest absolute Gasteiger partial charge is 0.343 e. The third kappa shape index (κ3) is 5.06. The molecule has 0 aromatic heterocycles. The molecular weight excluding hydrogens is 440 g/mol. The van der Waals surface area contributed by atoms with Gasteiger partial charge in [-0.05, 0) is 55.0 Å². The molecule has 0 unspecified atom stereocenters. The number of nitrogens with one attached hydrogen (secondary N) is 1. The maximum atomic E-state index is 13.0. The normalized spacial score (nSPS) is 14.9. The van der Waals surface area contributed by atoms with Crippen LogP contribution in [0.1, 0.15) is 12.5 Å². The van der Waals surface area contributed by atoms with Gasteiger partial charge in [-0.25, -0.2) is 14.5 Å². The number of imide groups is 2. The maximum Gasteiger partial charge on any atom is 0.343 e. The van der Waals surface area contributed by atoms with Gasteiger partial charge >= 0.3 is 12.0 Å². The number of carbonyl (C=O) groups excluding carboxylic acids is 4. The molecule has 2 aromatic rings. The number of urea groups is 1. The summed E-state index contributed by atoms with van der Waals surface area (Å²) in [5.41, 5.74) is 0.463. The van der Waals surface area contributed by atoms with E-state index in [2.05, 4.69) is 10.1 Å². The number of hydrogen-bond donors (Lipinski definition) is 1. The second-order valence-electron chi connectivity index (χ2n) is 6.44. The second kappa shape index (κ2) is 9.97. The van der Waals surface area contributed by atoms with Gasteiger partial charge < -0.3 is 14.2 Å². The fourth-order valence-electron chi connectivity index (χ4n) is 2.85. The van der Waals surface area contributed by atoms with Crippen LogP contribution in [0.3, 0.4) is 0 Å². The molecule has 0 radical (unpaired) electrons. The Morgan fingerprint density at radius 1 is 1.06 bits per heavy atom. The number of esters is 1. The summed E-state index contributed by atoms with van der Waals surface area (Å²) < 4.78 is 15.5. The average Bonchev–Trinajstić information content (AvgIpc) is 2.77. The van der Waals surface area contributed by atoms with Gasteiger partial charge in [0.1, 0.15) is 5.57 Å². The summed E-state index contributed by atoms with van der Waals surface area (Å²) in [6.07, 6.45) is 1.33. The van der Waals surface area contributed by atoms with Crippen molar-refractivity contribution < 1.29 is 33.4 Å². The highest BCUT2D eigenvalue weighted by Gasteiger charge is 2.36. The summed E-state index contributed by atoms with van der Waals surface area (Å²) >= 11 is 5.87. The van der Waals surface area contributed by atoms with Gasteiger partial charge in [-0.2, -0.15) is 0 Å². The predicted octanol–water partition coefficient (Wildman–Crippen LogP) is 2.96. The first-order valence-corrected chi connectivity index (χ1v) is 9.85. The van der Waals surface area contributed by atoms with E-state index in [-0.39, 0.29) is 23.6 Å². The number of nitrogens with zero attached hydrogens (tertiary/aromatic N) is 1. The van der Waals surface area contributed by atoms with Crippen molar-refractivity contribution in [3.05, 3.63) is 58.6 Å². The van der Waals surface area contributed by atoms with Crippen molar-refractivity contribution in [2.45, 2.75) is 6.92 Å². The average molecular weight is 459 g/mol. The lowest BCUT2D eigenvalue weighted by Crippen LogP contribution is -2.54. The summed E-state index contributed by atoms with van der Waals surface area (Å²) in [6, 6.07) is 9.84. The number of anilines is 1. The summed E-state index contributed by atoms with van der Waals surface area (Å²) in [6.45, 7) is 1.77. The van der Waals surface area contributed by atoms with Gasteiger partial charge in [0.15, 0.2) is 18.1 Å². The zero-order valence-electron chi connectivity index (χ0n) is 17.2. The lowest BCUT2D eigenvalue weighted by atomic mass is 10.1. The highest BCUT2D eigenvalue weighted by atomic mass is 35.5. The second-order valence-corrected chi connectivity index (χ2v) is 6.87. The fourth-order valence-corrected chi connectivity index (χ4v) is 2.97. The van der Waals surface area contributed by atoms with Crippen LogP contribution in [0.2, 0.25) is 5.02 Å². The lowest BCUT2D eigenvalue weighted by Gasteiger charge is -2.26. The van der Waals surface area contributed by atoms with Gasteiger partial charge in [0.25, 0.3) is 11.8 Å². The van der Waals surface area contributed by atoms with E-state index in [0.717, 1.165) is 4.90 Å². The van der Waals surface area contributed by atoms with Crippen LogP contribution in [0, 0.1) is 0 Å². The number of carbonyl (C=O) groups is 4. The summed E-state index contributed by atoms with van der Waals surface area (Å²) in [7, 11) is 1.24. The quantitative estimate of drug-likeness (QED) is 0.385. The number of ether oxygens (including phenoxy) is 3. The summed E-state index contributed by atoms with van der Waals surface area (Å²) in [5.74, 6) is -1.58. The van der Waals surface area contributed by atoms with Gasteiger partial charge in [0.2, 0.25) is 0 Å². The molecule has 166 valence electrons. The minimum atomic E-state index is -0.860. The Bertz CT molecular complexity index is 1100. The lowest BCUT2D eigenvalue weighted by molar-refractivity contribution is -0.143. The highest BCUT2D eigenvalue weighted by molar-refractivity contribution is 6.39. The zero-order valence-corrected chi connectivity index (χ0v) is 18.0. The molecule has 0 aliphatic carbocycles. The van der Waals surface area contributed by atoms with E-state index in [1.807, 2.05) is 0 Å². The number of rotatable bonds is 7. The molecule has 1 heterocycles. The third-order valence-electron chi connectivity index (χ3n) is 4.34. The van der Waals surface area contributed by atoms with Crippen molar-refractivity contribution in [2.75, 3.05) is 25.2 Å². The van der Waals surface area contributed by atoms with Crippen LogP contribution < -0.4 is 19.7 Å². The largest absolute Gasteiger partial charge is 0.490 e. The van der Waals surface area contributed by atoms with Gasteiger partial charge in [0, 0.05) is 5.02 Å². The molecule has 1 aliphatic heterocycles. The Morgan fingerprint density at radius 2 is 1.78 bits per heavy atom. The standard InChI is InChI=1S/C22H19ClN2O7/c1-3-31-18-11-13(4-9-17(18)32-12-19(26)30-2)10-16-20(27)24-22(29)25(21(16)28)15-7-5-14(23)6-8-15/h4-11H,3,12H2,1-2H3,(H,24,27,29)/b16-10+. The van der Waals surface area contributed by atoms with Crippen LogP contribution in [0.5, 0.6) is 11.5 Å². The first kappa shape index (κ1) is 22.8. The molecule has 10 heteroatoms. The topological polar surface area (TPSA) is 111 Å². The zero-order chi connectivity index (χ0) is 23.3. The molecule has 1 aliphatic rings. The van der Waals surface area contributed by atoms with Crippen molar-refractivity contribution in [3.8, 4) is 11.5 Å². The molecule has 3 rings (SSSR count). The van der Waals surface area contributed by atoms with Crippen LogP contribution in [-0.2, 0) is 19.1 Å². The molecule has 2 aromatic carbocycles. The van der Waals surface area contributed by atoms with Crippen LogP contribution in [0.15, 0.2) is 48.0 Å². The summed E-state index contributed by atoms with van der Waals surface area (Å²) in [4.78, 5) is 49.8. The third-order valence-corrected chi connectivity index (χ3v) is 4.59. The molecule has 1 N–H and O–H groups in total. The van der Waals surface area contributed by atoms with E-state index >= 15 is 0 Å². The molecule has 0 spiro atoms. The molecule has 32 heavy (non-hydrogen) atoms. The first-order valence-electron chi connectivity index (χ1n) is 9.47. The van der Waals surface area contributed by atoms with Crippen molar-refractivity contribution in [1.82, 2.24) is 5.32 Å². The molecule has 9 nitrogen and oxygen atoms in total. The minimum absolute atomic E-state index is 0.245. The fraction of sp³-hybridized carbons (Fsp3) is 0.182. The van der Waals surface area contributed by atoms with Gasteiger partial charge in [-0.15, -0.1) is 0 Å². The van der Waals surface area contributed by atoms with E-state index in [1.165, 1.54) is 43.5 Å². The number of barbiturate groups is 1. The number of benzene rings is 2. The van der Waals surface area contributed by atoms with E-state index in [0.29, 0.717) is 22.9 Å². The first-order chi connectivity index (χ1) is 15.3. The Morgan fingerprint density at radius 3 is 2.44 bits per heavy atom. The van der Waals surface area contributed by atoms with Gasteiger partial charge in [-0.3, -0.25) is 14.9 Å². The number of methoxy groups -OCH3 is 1. The minimum Gasteiger partial charge on any atom is -0.490 e. The Balaban J connectivity index is 1.92. The molecular formula is C22H19ClN2O7. The van der Waals surface area contributed by atoms with Crippen LogP contribution in [0.4, 0.5) is 10.5 Å². The van der Waals surface area contributed by atoms with Gasteiger partial charge in [0.05, 0.1) is 19.4 Å². The van der Waals surface area contributed by atoms with Crippen molar-refractivity contribution in [2.24, 2.45) is 0 Å². The van der Waals surface area contributed by atoms with E-state index in [1.54, 1.807) is 19.1 Å². The number of hydrogen-bond acceptors (Lipinski definition) is 7. The monoisotopic (exact) mass is 458 g/mol. The number of amides is 4. The van der Waals surface area contributed by atoms with E-state index in [4.69, 9.17) is 21.1 Å². The van der Waals surface area contributed by atoms with Crippen LogP contribution >= 0.6 is 11.6 Å². The summed E-state index contributed by atoms with van der Waals surface area (Å²) in [5, 5.41) is 2.59. The highest BCUT2D eigenvalue weighted by Crippen LogP contribution is 2.30. The van der Waals surface area contributed by atoms with Crippen LogP contribution in [-0.4, -0.2) is 44.1 Å². The van der Waals surface area contributed by atoms with Crippen molar-refractivity contribution in [3.63, 3.8) is 0 Å². The van der Waals surface area contributed by atoms with Crippen molar-refractivity contribution >= 4 is 47.2 Å². The SMILES string of the molecule is CCOc1cc(/C=C2\C(=O)NC(=O)N(c3ccc(Cl)cc3)C2=O)ccc1OCC(=O)OC. The Kier molecular flexibility index (Phi) is 7.11. The predicted molar refractivity (Wildman–Crippen MR) is 116 cm³/mol. The Labute approximate surface area is 188 Å². The molecule has 0 bridgehead atoms. The van der Waals surface area contributed by atoms with E-state index < -0.39 is 23.8 Å². The van der Waals surface area contributed by atoms with E-state index in [9.17, 15) is 19.2 Å². The maximum absolute atomic E-state index is 13.0. The van der Waals surface area contributed by atoms with Crippen LogP contribution in [0.25, 0.3) is 6.08 Å². The molecule has 1 fully saturated rings. The molecule has 1 saturated heterocycles. The number of halogens is 1. The van der Waals surface area contributed by atoms with Gasteiger partial charge in [-0.1, -0.05) is 17.7 Å². The molecule has 4 amide bonds. The molecule has 0 saturated carbocycles. The molecule has 0 atom stereocenters. The Hall–Kier alpha value is -3.85. The van der Waals surface area contributed by atoms with Crippen molar-refractivity contribution in [1.29, 1.82) is 0 Å².